The summed E-state index contributed by atoms with van der Waals surface area (Å²) in [5.41, 5.74) is 3.78. The lowest BCUT2D eigenvalue weighted by molar-refractivity contribution is -0.917. The second kappa shape index (κ2) is 8.84. The van der Waals surface area contributed by atoms with Crippen molar-refractivity contribution in [1.29, 1.82) is 0 Å². The van der Waals surface area contributed by atoms with Gasteiger partial charge in [0.15, 0.2) is 12.5 Å². The first-order valence-electron chi connectivity index (χ1n) is 9.89. The maximum Gasteiger partial charge on any atom is 0.203 e. The van der Waals surface area contributed by atoms with Crippen molar-refractivity contribution in [3.8, 4) is 11.4 Å². The predicted octanol–water partition coefficient (Wildman–Crippen LogP) is 3.63. The fourth-order valence-corrected chi connectivity index (χ4v) is 3.60. The molecular formula is C23H30N5S+. The molecule has 1 atom stereocenters. The third-order valence-corrected chi connectivity index (χ3v) is 5.33. The van der Waals surface area contributed by atoms with Crippen LogP contribution in [0, 0.1) is 4.77 Å². The van der Waals surface area contributed by atoms with Crippen LogP contribution in [0.5, 0.6) is 0 Å². The van der Waals surface area contributed by atoms with Gasteiger partial charge >= 0.3 is 0 Å². The molecule has 1 unspecified atom stereocenters. The van der Waals surface area contributed by atoms with Crippen LogP contribution in [-0.2, 0) is 25.2 Å². The Morgan fingerprint density at radius 2 is 1.90 bits per heavy atom. The Kier molecular flexibility index (Phi) is 6.45. The molecule has 3 rings (SSSR count). The Morgan fingerprint density at radius 1 is 1.17 bits per heavy atom. The summed E-state index contributed by atoms with van der Waals surface area (Å²) < 4.78 is 4.61. The molecule has 2 aromatic heterocycles. The predicted molar refractivity (Wildman–Crippen MR) is 120 cm³/mol. The van der Waals surface area contributed by atoms with Gasteiger partial charge < -0.3 is 4.90 Å². The van der Waals surface area contributed by atoms with Crippen LogP contribution in [0.2, 0.25) is 0 Å². The van der Waals surface area contributed by atoms with E-state index < -0.39 is 0 Å². The molecule has 0 aliphatic heterocycles. The molecule has 29 heavy (non-hydrogen) atoms. The Morgan fingerprint density at radius 3 is 2.48 bits per heavy atom. The van der Waals surface area contributed by atoms with Crippen molar-refractivity contribution >= 4 is 12.2 Å². The lowest BCUT2D eigenvalue weighted by atomic mass is 9.87. The van der Waals surface area contributed by atoms with Gasteiger partial charge in [0, 0.05) is 30.1 Å². The van der Waals surface area contributed by atoms with Gasteiger partial charge in [0.1, 0.15) is 6.54 Å². The molecule has 0 fully saturated rings. The zero-order valence-corrected chi connectivity index (χ0v) is 18.5. The van der Waals surface area contributed by atoms with Gasteiger partial charge in [-0.25, -0.2) is 0 Å². The lowest BCUT2D eigenvalue weighted by Gasteiger charge is -2.19. The third kappa shape index (κ3) is 5.08. The van der Waals surface area contributed by atoms with E-state index in [2.05, 4.69) is 63.6 Å². The van der Waals surface area contributed by atoms with E-state index in [0.717, 1.165) is 17.9 Å². The molecule has 1 N–H and O–H groups in total. The number of rotatable bonds is 7. The fourth-order valence-electron chi connectivity index (χ4n) is 3.33. The summed E-state index contributed by atoms with van der Waals surface area (Å²) in [7, 11) is 2.16. The summed E-state index contributed by atoms with van der Waals surface area (Å²) in [6, 6.07) is 12.8. The second-order valence-corrected chi connectivity index (χ2v) is 8.85. The van der Waals surface area contributed by atoms with Crippen LogP contribution in [0.4, 0.5) is 0 Å². The van der Waals surface area contributed by atoms with Gasteiger partial charge in [-0.05, 0) is 35.3 Å². The summed E-state index contributed by atoms with van der Waals surface area (Å²) in [6.07, 6.45) is 5.42. The number of nitrogens with zero attached hydrogens (tertiary/aromatic N) is 4. The first-order valence-corrected chi connectivity index (χ1v) is 10.3. The highest BCUT2D eigenvalue weighted by Gasteiger charge is 2.16. The van der Waals surface area contributed by atoms with Crippen molar-refractivity contribution in [2.75, 3.05) is 7.05 Å². The van der Waals surface area contributed by atoms with Crippen LogP contribution in [0.15, 0.2) is 61.4 Å². The van der Waals surface area contributed by atoms with Crippen molar-refractivity contribution in [3.63, 3.8) is 0 Å². The van der Waals surface area contributed by atoms with Crippen molar-refractivity contribution in [2.45, 2.75) is 45.9 Å². The molecule has 6 heteroatoms. The maximum absolute atomic E-state index is 5.70. The molecule has 0 aliphatic rings. The summed E-state index contributed by atoms with van der Waals surface area (Å²) in [5, 5.41) is 4.79. The SMILES string of the molecule is C=CCn1c(-c2cccnc2)nn(C[NH+](C)Cc2ccc(C(C)(C)C)cc2)c1=S. The van der Waals surface area contributed by atoms with Gasteiger partial charge in [0.25, 0.3) is 0 Å². The topological polar surface area (TPSA) is 40.1 Å². The molecule has 1 aromatic carbocycles. The number of hydrogen-bond donors (Lipinski definition) is 1. The number of benzene rings is 1. The van der Waals surface area contributed by atoms with E-state index in [0.29, 0.717) is 18.0 Å². The van der Waals surface area contributed by atoms with Crippen LogP contribution >= 0.6 is 12.2 Å². The molecule has 2 heterocycles. The molecule has 5 nitrogen and oxygen atoms in total. The Bertz CT molecular complexity index is 1010. The fraction of sp³-hybridized carbons (Fsp3) is 0.348. The normalized spacial score (nSPS) is 12.7. The average molecular weight is 409 g/mol. The molecule has 0 spiro atoms. The monoisotopic (exact) mass is 408 g/mol. The lowest BCUT2D eigenvalue weighted by Crippen LogP contribution is -3.07. The van der Waals surface area contributed by atoms with Gasteiger partial charge in [-0.15, -0.1) is 11.7 Å². The number of quaternary nitrogens is 1. The highest BCUT2D eigenvalue weighted by atomic mass is 32.1. The van der Waals surface area contributed by atoms with E-state index in [1.54, 1.807) is 6.20 Å². The van der Waals surface area contributed by atoms with Crippen LogP contribution < -0.4 is 4.90 Å². The molecular weight excluding hydrogens is 378 g/mol. The Labute approximate surface area is 178 Å². The van der Waals surface area contributed by atoms with Crippen molar-refractivity contribution in [2.24, 2.45) is 0 Å². The van der Waals surface area contributed by atoms with Crippen LogP contribution in [0.25, 0.3) is 11.4 Å². The zero-order chi connectivity index (χ0) is 21.0. The maximum atomic E-state index is 5.70. The van der Waals surface area contributed by atoms with E-state index in [9.17, 15) is 0 Å². The van der Waals surface area contributed by atoms with Crippen LogP contribution in [0.1, 0.15) is 31.9 Å². The summed E-state index contributed by atoms with van der Waals surface area (Å²) in [4.78, 5) is 5.53. The molecule has 3 aromatic rings. The smallest absolute Gasteiger partial charge is 0.203 e. The Hall–Kier alpha value is -2.57. The minimum absolute atomic E-state index is 0.172. The number of pyridine rings is 1. The largest absolute Gasteiger partial charge is 0.315 e. The number of hydrogen-bond acceptors (Lipinski definition) is 3. The zero-order valence-electron chi connectivity index (χ0n) is 17.7. The number of allylic oxidation sites excluding steroid dienone is 1. The van der Waals surface area contributed by atoms with Crippen LogP contribution in [-0.4, -0.2) is 26.4 Å². The van der Waals surface area contributed by atoms with Crippen LogP contribution in [0.3, 0.4) is 0 Å². The average Bonchev–Trinajstić information content (AvgIpc) is 2.98. The van der Waals surface area contributed by atoms with Crippen molar-refractivity contribution in [3.05, 3.63) is 77.3 Å². The third-order valence-electron chi connectivity index (χ3n) is 4.90. The highest BCUT2D eigenvalue weighted by Crippen LogP contribution is 2.22. The van der Waals surface area contributed by atoms with E-state index in [-0.39, 0.29) is 5.41 Å². The minimum atomic E-state index is 0.172. The number of aromatic nitrogens is 4. The van der Waals surface area contributed by atoms with Gasteiger partial charge in [-0.2, -0.15) is 4.68 Å². The van der Waals surface area contributed by atoms with E-state index in [1.807, 2.05) is 33.7 Å². The second-order valence-electron chi connectivity index (χ2n) is 8.49. The van der Waals surface area contributed by atoms with E-state index in [4.69, 9.17) is 17.3 Å². The Balaban J connectivity index is 1.79. The molecule has 0 amide bonds. The van der Waals surface area contributed by atoms with E-state index >= 15 is 0 Å². The molecule has 0 saturated heterocycles. The molecule has 0 saturated carbocycles. The van der Waals surface area contributed by atoms with Gasteiger partial charge in [0.05, 0.1) is 7.05 Å². The minimum Gasteiger partial charge on any atom is -0.315 e. The molecule has 0 aliphatic carbocycles. The quantitative estimate of drug-likeness (QED) is 0.479. The highest BCUT2D eigenvalue weighted by molar-refractivity contribution is 7.71. The van der Waals surface area contributed by atoms with Crippen molar-refractivity contribution in [1.82, 2.24) is 19.3 Å². The summed E-state index contributed by atoms with van der Waals surface area (Å²) in [6.45, 7) is 12.8. The van der Waals surface area contributed by atoms with E-state index in [1.165, 1.54) is 16.0 Å². The van der Waals surface area contributed by atoms with Gasteiger partial charge in [-0.3, -0.25) is 9.55 Å². The molecule has 0 radical (unpaired) electrons. The van der Waals surface area contributed by atoms with Gasteiger partial charge in [0.2, 0.25) is 4.77 Å². The summed E-state index contributed by atoms with van der Waals surface area (Å²) >= 11 is 5.70. The molecule has 152 valence electrons. The standard InChI is InChI=1S/C23H29N5S/c1-6-14-27-21(19-8-7-13-24-15-19)25-28(22(27)29)17-26(5)16-18-9-11-20(12-10-18)23(2,3)4/h6-13,15H,1,14,16-17H2,2-5H3/p+1. The summed E-state index contributed by atoms with van der Waals surface area (Å²) in [5.74, 6) is 0.824. The number of nitrogens with one attached hydrogen (secondary N) is 1. The van der Waals surface area contributed by atoms with Crippen molar-refractivity contribution < 1.29 is 4.90 Å². The van der Waals surface area contributed by atoms with Gasteiger partial charge in [-0.1, -0.05) is 51.1 Å². The molecule has 0 bridgehead atoms. The first-order chi connectivity index (χ1) is 13.8. The first kappa shape index (κ1) is 21.1.